The van der Waals surface area contributed by atoms with E-state index >= 15 is 0 Å². The minimum absolute atomic E-state index is 0.167. The maximum Gasteiger partial charge on any atom is 0.135 e. The molecule has 0 saturated heterocycles. The van der Waals surface area contributed by atoms with E-state index in [4.69, 9.17) is 8.83 Å². The summed E-state index contributed by atoms with van der Waals surface area (Å²) >= 11 is 0. The van der Waals surface area contributed by atoms with Gasteiger partial charge in [-0.15, -0.1) is 0 Å². The number of allylic oxidation sites excluding steroid dienone is 2. The van der Waals surface area contributed by atoms with Crippen LogP contribution in [0.3, 0.4) is 0 Å². The van der Waals surface area contributed by atoms with Gasteiger partial charge < -0.3 is 18.3 Å². The average Bonchev–Trinajstić information content (AvgIpc) is 4.11. The van der Waals surface area contributed by atoms with Gasteiger partial charge in [0.2, 0.25) is 0 Å². The Morgan fingerprint density at radius 3 is 1.55 bits per heavy atom. The zero-order valence-electron chi connectivity index (χ0n) is 34.7. The van der Waals surface area contributed by atoms with Crippen molar-refractivity contribution in [2.24, 2.45) is 0 Å². The Morgan fingerprint density at radius 1 is 0.344 bits per heavy atom. The van der Waals surface area contributed by atoms with Crippen LogP contribution in [0.2, 0.25) is 0 Å². The molecule has 0 saturated carbocycles. The Labute approximate surface area is 368 Å². The fourth-order valence-electron chi connectivity index (χ4n) is 10.7. The molecule has 1 aliphatic heterocycles. The van der Waals surface area contributed by atoms with Gasteiger partial charge in [0.05, 0.1) is 17.1 Å². The molecule has 64 heavy (non-hydrogen) atoms. The molecule has 0 fully saturated rings. The quantitative estimate of drug-likeness (QED) is 0.173. The molecule has 0 N–H and O–H groups in total. The molecule has 1 aliphatic carbocycles. The van der Waals surface area contributed by atoms with Crippen molar-refractivity contribution in [1.29, 1.82) is 0 Å². The SMILES string of the molecule is C1=CC2c3cc(-c4ccc5c(c4)c4ccccc4n5-c4ccc5oc6ccc(-c7ccccc7)cc6c5c4)ccc3N(c3ccc4oc5ccc(-c6ccccc6)cc5c4c3)C2C=C1. The van der Waals surface area contributed by atoms with E-state index in [1.807, 2.05) is 0 Å². The van der Waals surface area contributed by atoms with Gasteiger partial charge in [-0.2, -0.15) is 0 Å². The van der Waals surface area contributed by atoms with Gasteiger partial charge in [0.15, 0.2) is 0 Å². The number of hydrogen-bond acceptors (Lipinski definition) is 3. The lowest BCUT2D eigenvalue weighted by Crippen LogP contribution is -2.28. The number of rotatable bonds is 5. The van der Waals surface area contributed by atoms with Crippen LogP contribution in [0, 0.1) is 0 Å². The number of nitrogens with zero attached hydrogens (tertiary/aromatic N) is 2. The van der Waals surface area contributed by atoms with Gasteiger partial charge in [-0.3, -0.25) is 0 Å². The minimum atomic E-state index is 0.167. The molecular weight excluding hydrogens is 781 g/mol. The first-order chi connectivity index (χ1) is 31.7. The maximum absolute atomic E-state index is 6.38. The summed E-state index contributed by atoms with van der Waals surface area (Å²) in [5, 5.41) is 6.95. The van der Waals surface area contributed by atoms with Gasteiger partial charge in [-0.25, -0.2) is 0 Å². The smallest absolute Gasteiger partial charge is 0.135 e. The molecule has 9 aromatic carbocycles. The Morgan fingerprint density at radius 2 is 0.844 bits per heavy atom. The van der Waals surface area contributed by atoms with Crippen molar-refractivity contribution in [2.45, 2.75) is 12.0 Å². The van der Waals surface area contributed by atoms with Crippen molar-refractivity contribution in [3.8, 4) is 39.1 Å². The van der Waals surface area contributed by atoms with Crippen LogP contribution in [0.1, 0.15) is 11.5 Å². The highest BCUT2D eigenvalue weighted by Crippen LogP contribution is 2.50. The molecular formula is C60H38N2O2. The van der Waals surface area contributed by atoms with Gasteiger partial charge in [-0.1, -0.05) is 127 Å². The van der Waals surface area contributed by atoms with E-state index in [9.17, 15) is 0 Å². The first-order valence-corrected chi connectivity index (χ1v) is 22.1. The first-order valence-electron chi connectivity index (χ1n) is 22.1. The molecule has 14 rings (SSSR count). The topological polar surface area (TPSA) is 34.5 Å². The second-order valence-electron chi connectivity index (χ2n) is 17.2. The van der Waals surface area contributed by atoms with Gasteiger partial charge in [-0.05, 0) is 130 Å². The van der Waals surface area contributed by atoms with Gasteiger partial charge in [0.25, 0.3) is 0 Å². The Bertz CT molecular complexity index is 3920. The summed E-state index contributed by atoms with van der Waals surface area (Å²) in [6.45, 7) is 0. The van der Waals surface area contributed by atoms with E-state index in [1.165, 1.54) is 66.4 Å². The van der Waals surface area contributed by atoms with Gasteiger partial charge in [0, 0.05) is 55.3 Å². The minimum Gasteiger partial charge on any atom is -0.456 e. The van der Waals surface area contributed by atoms with Crippen LogP contribution in [0.15, 0.2) is 227 Å². The van der Waals surface area contributed by atoms with Crippen molar-refractivity contribution in [1.82, 2.24) is 4.57 Å². The van der Waals surface area contributed by atoms with Crippen LogP contribution in [-0.2, 0) is 0 Å². The average molecular weight is 819 g/mol. The van der Waals surface area contributed by atoms with E-state index in [0.717, 1.165) is 55.3 Å². The Balaban J connectivity index is 0.863. The molecule has 4 nitrogen and oxygen atoms in total. The van der Waals surface area contributed by atoms with Crippen LogP contribution in [-0.4, -0.2) is 10.6 Å². The number of aromatic nitrogens is 1. The predicted molar refractivity (Wildman–Crippen MR) is 265 cm³/mol. The largest absolute Gasteiger partial charge is 0.456 e. The van der Waals surface area contributed by atoms with Crippen LogP contribution >= 0.6 is 0 Å². The Hall–Kier alpha value is -8.34. The third kappa shape index (κ3) is 5.29. The highest BCUT2D eigenvalue weighted by molar-refractivity contribution is 6.12. The molecule has 300 valence electrons. The molecule has 0 bridgehead atoms. The van der Waals surface area contributed by atoms with Crippen molar-refractivity contribution in [3.63, 3.8) is 0 Å². The highest BCUT2D eigenvalue weighted by Gasteiger charge is 2.38. The fraction of sp³-hybridized carbons (Fsp3) is 0.0333. The molecule has 2 unspecified atom stereocenters. The zero-order valence-corrected chi connectivity index (χ0v) is 34.7. The molecule has 2 atom stereocenters. The van der Waals surface area contributed by atoms with Crippen molar-refractivity contribution >= 4 is 77.1 Å². The molecule has 0 amide bonds. The summed E-state index contributed by atoms with van der Waals surface area (Å²) in [5.74, 6) is 0.227. The molecule has 0 radical (unpaired) electrons. The zero-order chi connectivity index (χ0) is 41.9. The van der Waals surface area contributed by atoms with Crippen molar-refractivity contribution < 1.29 is 8.83 Å². The van der Waals surface area contributed by atoms with E-state index < -0.39 is 0 Å². The molecule has 12 aromatic rings. The number of benzene rings is 9. The summed E-state index contributed by atoms with van der Waals surface area (Å²) in [6, 6.07) is 70.4. The van der Waals surface area contributed by atoms with Crippen LogP contribution < -0.4 is 4.90 Å². The Kier molecular flexibility index (Phi) is 7.48. The van der Waals surface area contributed by atoms with Crippen LogP contribution in [0.25, 0.3) is 105 Å². The first kappa shape index (κ1) is 35.3. The van der Waals surface area contributed by atoms with Crippen LogP contribution in [0.5, 0.6) is 0 Å². The lowest BCUT2D eigenvalue weighted by atomic mass is 9.89. The predicted octanol–water partition coefficient (Wildman–Crippen LogP) is 16.3. The summed E-state index contributed by atoms with van der Waals surface area (Å²) in [7, 11) is 0. The van der Waals surface area contributed by atoms with E-state index in [1.54, 1.807) is 0 Å². The number of anilines is 2. The van der Waals surface area contributed by atoms with Gasteiger partial charge in [0.1, 0.15) is 22.3 Å². The summed E-state index contributed by atoms with van der Waals surface area (Å²) in [6.07, 6.45) is 9.11. The second-order valence-corrected chi connectivity index (χ2v) is 17.2. The number of furan rings is 2. The van der Waals surface area contributed by atoms with E-state index in [-0.39, 0.29) is 12.0 Å². The standard InChI is InChI=1S/C60H38N2O2/c1-3-11-37(12-4-1)39-21-27-57-49(33-39)51-35-43(23-29-59(51)63-57)61-53-17-9-7-15-45(53)47-31-41(19-25-55(47)61)42-20-26-56-48(32-42)46-16-8-10-18-54(46)62(56)44-24-30-60-52(36-44)50-34-40(22-28-58(50)64-60)38-13-5-2-6-14-38/h1-36,45,53H. The molecule has 4 heterocycles. The van der Waals surface area contributed by atoms with Crippen LogP contribution in [0.4, 0.5) is 11.4 Å². The lowest BCUT2D eigenvalue weighted by Gasteiger charge is -2.28. The lowest BCUT2D eigenvalue weighted by molar-refractivity contribution is 0.668. The monoisotopic (exact) mass is 818 g/mol. The van der Waals surface area contributed by atoms with Crippen molar-refractivity contribution in [3.05, 3.63) is 224 Å². The van der Waals surface area contributed by atoms with Gasteiger partial charge >= 0.3 is 0 Å². The maximum atomic E-state index is 6.38. The summed E-state index contributed by atoms with van der Waals surface area (Å²) in [4.78, 5) is 2.52. The number of fused-ring (bicyclic) bond motifs is 12. The van der Waals surface area contributed by atoms with Crippen molar-refractivity contribution in [2.75, 3.05) is 4.90 Å². The van der Waals surface area contributed by atoms with E-state index in [2.05, 4.69) is 228 Å². The fourth-order valence-corrected chi connectivity index (χ4v) is 10.7. The molecule has 0 spiro atoms. The summed E-state index contributed by atoms with van der Waals surface area (Å²) in [5.41, 5.74) is 18.0. The second kappa shape index (κ2) is 13.6. The molecule has 4 heteroatoms. The molecule has 3 aromatic heterocycles. The highest BCUT2D eigenvalue weighted by atomic mass is 16.3. The molecule has 2 aliphatic rings. The normalized spacial score (nSPS) is 15.7. The number of hydrogen-bond donors (Lipinski definition) is 0. The third-order valence-electron chi connectivity index (χ3n) is 13.7. The number of para-hydroxylation sites is 1. The van der Waals surface area contributed by atoms with E-state index in [0.29, 0.717) is 0 Å². The summed E-state index contributed by atoms with van der Waals surface area (Å²) < 4.78 is 15.2. The third-order valence-corrected chi connectivity index (χ3v) is 13.7.